The summed E-state index contributed by atoms with van der Waals surface area (Å²) in [5.41, 5.74) is 3.34. The van der Waals surface area contributed by atoms with Crippen LogP contribution in [0.15, 0.2) is 65.3 Å². The van der Waals surface area contributed by atoms with Crippen molar-refractivity contribution in [1.82, 2.24) is 24.7 Å². The minimum absolute atomic E-state index is 0.455. The molecule has 3 heterocycles. The Labute approximate surface area is 155 Å². The van der Waals surface area contributed by atoms with Crippen LogP contribution in [-0.4, -0.2) is 31.8 Å². The Morgan fingerprint density at radius 1 is 1.11 bits per heavy atom. The normalized spacial score (nSPS) is 11.3. The first-order chi connectivity index (χ1) is 13.3. The van der Waals surface area contributed by atoms with Crippen molar-refractivity contribution in [2.45, 2.75) is 13.5 Å². The van der Waals surface area contributed by atoms with Crippen LogP contribution >= 0.6 is 0 Å². The number of hydrogen-bond donors (Lipinski definition) is 0. The zero-order valence-electron chi connectivity index (χ0n) is 14.9. The summed E-state index contributed by atoms with van der Waals surface area (Å²) in [7, 11) is 1.63. The Morgan fingerprint density at radius 3 is 2.78 bits per heavy atom. The van der Waals surface area contributed by atoms with Crippen LogP contribution in [0.5, 0.6) is 5.75 Å². The smallest absolute Gasteiger partial charge is 0.188 e. The summed E-state index contributed by atoms with van der Waals surface area (Å²) in [6.45, 7) is 2.36. The number of ether oxygens (including phenoxy) is 1. The van der Waals surface area contributed by atoms with Crippen molar-refractivity contribution in [2.75, 3.05) is 7.11 Å². The second kappa shape index (κ2) is 7.28. The van der Waals surface area contributed by atoms with Gasteiger partial charge in [-0.15, -0.1) is 5.11 Å². The maximum absolute atomic E-state index is 5.30. The van der Waals surface area contributed by atoms with Gasteiger partial charge < -0.3 is 4.74 Å². The predicted molar refractivity (Wildman–Crippen MR) is 100 cm³/mol. The standard InChI is InChI=1S/C19H17N7O/c1-13-17-18(24-23-11-14-6-8-20-9-7-14)21-12-22-19(17)26(25-13)15-4-3-5-16(10-15)27-2/h3-10,12H,11H2,1-2H3. The van der Waals surface area contributed by atoms with E-state index in [-0.39, 0.29) is 0 Å². The Hall–Kier alpha value is -3.68. The molecule has 3 aromatic heterocycles. The summed E-state index contributed by atoms with van der Waals surface area (Å²) in [4.78, 5) is 12.7. The largest absolute Gasteiger partial charge is 0.497 e. The number of rotatable bonds is 5. The van der Waals surface area contributed by atoms with Gasteiger partial charge in [-0.05, 0) is 36.8 Å². The van der Waals surface area contributed by atoms with Crippen LogP contribution < -0.4 is 4.74 Å². The number of fused-ring (bicyclic) bond motifs is 1. The number of azo groups is 1. The van der Waals surface area contributed by atoms with Gasteiger partial charge in [0, 0.05) is 18.5 Å². The van der Waals surface area contributed by atoms with Gasteiger partial charge in [-0.2, -0.15) is 10.2 Å². The van der Waals surface area contributed by atoms with E-state index in [2.05, 4.69) is 30.3 Å². The SMILES string of the molecule is COc1cccc(-n2nc(C)c3c(N=NCc4ccncc4)ncnc32)c1. The lowest BCUT2D eigenvalue weighted by molar-refractivity contribution is 0.414. The molecule has 27 heavy (non-hydrogen) atoms. The lowest BCUT2D eigenvalue weighted by Gasteiger charge is -2.05. The molecule has 0 unspecified atom stereocenters. The molecule has 4 aromatic rings. The van der Waals surface area contributed by atoms with Gasteiger partial charge in [0.2, 0.25) is 0 Å². The number of benzene rings is 1. The molecule has 0 bridgehead atoms. The molecule has 0 aliphatic heterocycles. The van der Waals surface area contributed by atoms with Crippen LogP contribution in [-0.2, 0) is 6.54 Å². The number of aromatic nitrogens is 5. The van der Waals surface area contributed by atoms with E-state index in [0.29, 0.717) is 18.0 Å². The van der Waals surface area contributed by atoms with Crippen LogP contribution in [0.3, 0.4) is 0 Å². The Kier molecular flexibility index (Phi) is 4.52. The molecule has 0 spiro atoms. The first-order valence-electron chi connectivity index (χ1n) is 8.37. The fraction of sp³-hybridized carbons (Fsp3) is 0.158. The van der Waals surface area contributed by atoms with Gasteiger partial charge >= 0.3 is 0 Å². The van der Waals surface area contributed by atoms with Crippen molar-refractivity contribution in [2.24, 2.45) is 10.2 Å². The van der Waals surface area contributed by atoms with Gasteiger partial charge in [0.1, 0.15) is 12.1 Å². The molecule has 8 heteroatoms. The molecule has 0 aliphatic rings. The Balaban J connectivity index is 1.72. The van der Waals surface area contributed by atoms with Crippen molar-refractivity contribution < 1.29 is 4.74 Å². The highest BCUT2D eigenvalue weighted by Crippen LogP contribution is 2.28. The van der Waals surface area contributed by atoms with E-state index in [1.54, 1.807) is 24.2 Å². The first-order valence-corrected chi connectivity index (χ1v) is 8.37. The van der Waals surface area contributed by atoms with Gasteiger partial charge in [0.15, 0.2) is 11.5 Å². The molecule has 8 nitrogen and oxygen atoms in total. The van der Waals surface area contributed by atoms with E-state index in [4.69, 9.17) is 4.74 Å². The van der Waals surface area contributed by atoms with Crippen LogP contribution in [0.25, 0.3) is 16.7 Å². The highest BCUT2D eigenvalue weighted by molar-refractivity contribution is 5.88. The van der Waals surface area contributed by atoms with Crippen LogP contribution in [0.4, 0.5) is 5.82 Å². The molecule has 0 fully saturated rings. The summed E-state index contributed by atoms with van der Waals surface area (Å²) >= 11 is 0. The van der Waals surface area contributed by atoms with Gasteiger partial charge in [0.05, 0.1) is 30.4 Å². The van der Waals surface area contributed by atoms with Crippen LogP contribution in [0.1, 0.15) is 11.3 Å². The minimum Gasteiger partial charge on any atom is -0.497 e. The van der Waals surface area contributed by atoms with Gasteiger partial charge in [-0.1, -0.05) is 6.07 Å². The molecular weight excluding hydrogens is 342 g/mol. The topological polar surface area (TPSA) is 90.4 Å². The molecule has 0 saturated heterocycles. The van der Waals surface area contributed by atoms with Crippen molar-refractivity contribution in [3.63, 3.8) is 0 Å². The lowest BCUT2D eigenvalue weighted by Crippen LogP contribution is -1.98. The van der Waals surface area contributed by atoms with Crippen molar-refractivity contribution in [3.05, 3.63) is 66.4 Å². The number of pyridine rings is 1. The van der Waals surface area contributed by atoms with E-state index >= 15 is 0 Å². The van der Waals surface area contributed by atoms with Crippen molar-refractivity contribution >= 4 is 16.9 Å². The lowest BCUT2D eigenvalue weighted by atomic mass is 10.3. The molecule has 0 amide bonds. The minimum atomic E-state index is 0.455. The molecule has 0 radical (unpaired) electrons. The average Bonchev–Trinajstić information content (AvgIpc) is 3.06. The Morgan fingerprint density at radius 2 is 1.96 bits per heavy atom. The highest BCUT2D eigenvalue weighted by atomic mass is 16.5. The van der Waals surface area contributed by atoms with Crippen molar-refractivity contribution in [1.29, 1.82) is 0 Å². The second-order valence-corrected chi connectivity index (χ2v) is 5.85. The predicted octanol–water partition coefficient (Wildman–Crippen LogP) is 3.81. The molecule has 0 atom stereocenters. The summed E-state index contributed by atoms with van der Waals surface area (Å²) in [6, 6.07) is 11.4. The molecule has 0 saturated carbocycles. The Bertz CT molecular complexity index is 1110. The van der Waals surface area contributed by atoms with Crippen LogP contribution in [0, 0.1) is 6.92 Å². The van der Waals surface area contributed by atoms with Crippen LogP contribution in [0.2, 0.25) is 0 Å². The average molecular weight is 359 g/mol. The summed E-state index contributed by atoms with van der Waals surface area (Å²) < 4.78 is 7.06. The zero-order valence-corrected chi connectivity index (χ0v) is 14.9. The number of nitrogens with zero attached hydrogens (tertiary/aromatic N) is 7. The molecule has 0 aliphatic carbocycles. The van der Waals surface area contributed by atoms with Crippen molar-refractivity contribution in [3.8, 4) is 11.4 Å². The van der Waals surface area contributed by atoms with E-state index in [1.807, 2.05) is 43.3 Å². The summed E-state index contributed by atoms with van der Waals surface area (Å²) in [5, 5.41) is 14.0. The van der Waals surface area contributed by atoms with Gasteiger partial charge in [-0.3, -0.25) is 4.98 Å². The second-order valence-electron chi connectivity index (χ2n) is 5.85. The number of methoxy groups -OCH3 is 1. The molecule has 1 aromatic carbocycles. The fourth-order valence-electron chi connectivity index (χ4n) is 2.77. The highest BCUT2D eigenvalue weighted by Gasteiger charge is 2.15. The maximum atomic E-state index is 5.30. The van der Waals surface area contributed by atoms with Gasteiger partial charge in [0.25, 0.3) is 0 Å². The number of hydrogen-bond acceptors (Lipinski definition) is 7. The number of aryl methyl sites for hydroxylation is 1. The third-order valence-electron chi connectivity index (χ3n) is 4.09. The third-order valence-corrected chi connectivity index (χ3v) is 4.09. The first kappa shape index (κ1) is 16.8. The fourth-order valence-corrected chi connectivity index (χ4v) is 2.77. The monoisotopic (exact) mass is 359 g/mol. The summed E-state index contributed by atoms with van der Waals surface area (Å²) in [6.07, 6.45) is 4.94. The third kappa shape index (κ3) is 3.37. The van der Waals surface area contributed by atoms with E-state index in [0.717, 1.165) is 28.1 Å². The van der Waals surface area contributed by atoms with Gasteiger partial charge in [-0.25, -0.2) is 14.6 Å². The molecule has 0 N–H and O–H groups in total. The quantitative estimate of drug-likeness (QED) is 0.505. The summed E-state index contributed by atoms with van der Waals surface area (Å²) in [5.74, 6) is 1.25. The maximum Gasteiger partial charge on any atom is 0.188 e. The molecule has 134 valence electrons. The van der Waals surface area contributed by atoms with E-state index in [9.17, 15) is 0 Å². The van der Waals surface area contributed by atoms with E-state index < -0.39 is 0 Å². The molecular formula is C19H17N7O. The van der Waals surface area contributed by atoms with E-state index in [1.165, 1.54) is 6.33 Å². The zero-order chi connectivity index (χ0) is 18.6. The molecule has 4 rings (SSSR count).